The summed E-state index contributed by atoms with van der Waals surface area (Å²) < 4.78 is 43.1. The van der Waals surface area contributed by atoms with Crippen molar-refractivity contribution in [3.8, 4) is 11.6 Å². The van der Waals surface area contributed by atoms with Gasteiger partial charge in [0.05, 0.1) is 5.56 Å². The Morgan fingerprint density at radius 3 is 2.43 bits per heavy atom. The Hall–Kier alpha value is -2.08. The van der Waals surface area contributed by atoms with Gasteiger partial charge in [0.25, 0.3) is 0 Å². The van der Waals surface area contributed by atoms with Gasteiger partial charge in [-0.15, -0.1) is 0 Å². The van der Waals surface area contributed by atoms with Crippen LogP contribution < -0.4 is 10.5 Å². The van der Waals surface area contributed by atoms with Crippen LogP contribution in [0.2, 0.25) is 0 Å². The lowest BCUT2D eigenvalue weighted by atomic mass is 10.0. The molecule has 0 aliphatic heterocycles. The summed E-state index contributed by atoms with van der Waals surface area (Å²) in [6.07, 6.45) is -3.34. The molecule has 21 heavy (non-hydrogen) atoms. The van der Waals surface area contributed by atoms with Gasteiger partial charge in [-0.2, -0.15) is 13.2 Å². The van der Waals surface area contributed by atoms with Crippen LogP contribution in [0.15, 0.2) is 42.6 Å². The molecular formula is C15H15F3N2O. The number of benzene rings is 1. The fourth-order valence-corrected chi connectivity index (χ4v) is 1.76. The highest BCUT2D eigenvalue weighted by atomic mass is 19.4. The molecule has 0 spiro atoms. The Morgan fingerprint density at radius 2 is 1.86 bits per heavy atom. The average Bonchev–Trinajstić information content (AvgIpc) is 2.47. The molecule has 1 unspecified atom stereocenters. The molecule has 6 heteroatoms. The SMILES string of the molecule is CC(CN)c1ccc(Oc2cc(C(F)(F)F)ccn2)cc1. The van der Waals surface area contributed by atoms with Crippen molar-refractivity contribution in [2.45, 2.75) is 19.0 Å². The van der Waals surface area contributed by atoms with Gasteiger partial charge in [-0.1, -0.05) is 19.1 Å². The van der Waals surface area contributed by atoms with Gasteiger partial charge in [-0.3, -0.25) is 0 Å². The highest BCUT2D eigenvalue weighted by Gasteiger charge is 2.31. The van der Waals surface area contributed by atoms with Crippen LogP contribution in [-0.4, -0.2) is 11.5 Å². The third-order valence-electron chi connectivity index (χ3n) is 3.09. The smallest absolute Gasteiger partial charge is 0.416 e. The summed E-state index contributed by atoms with van der Waals surface area (Å²) in [6, 6.07) is 8.81. The molecule has 0 bridgehead atoms. The number of nitrogens with two attached hydrogens (primary N) is 1. The molecule has 0 aliphatic rings. The van der Waals surface area contributed by atoms with Crippen molar-refractivity contribution in [3.63, 3.8) is 0 Å². The van der Waals surface area contributed by atoms with Gasteiger partial charge < -0.3 is 10.5 Å². The minimum Gasteiger partial charge on any atom is -0.439 e. The number of hydrogen-bond acceptors (Lipinski definition) is 3. The van der Waals surface area contributed by atoms with Gasteiger partial charge in [0.1, 0.15) is 5.75 Å². The summed E-state index contributed by atoms with van der Waals surface area (Å²) in [4.78, 5) is 3.78. The van der Waals surface area contributed by atoms with E-state index in [1.54, 1.807) is 12.1 Å². The second-order valence-corrected chi connectivity index (χ2v) is 4.69. The minimum atomic E-state index is -4.42. The molecule has 0 saturated carbocycles. The third kappa shape index (κ3) is 3.95. The lowest BCUT2D eigenvalue weighted by Crippen LogP contribution is -2.08. The average molecular weight is 296 g/mol. The number of alkyl halides is 3. The number of nitrogens with zero attached hydrogens (tertiary/aromatic N) is 1. The zero-order chi connectivity index (χ0) is 15.5. The normalized spacial score (nSPS) is 13.0. The minimum absolute atomic E-state index is 0.0931. The number of hydrogen-bond donors (Lipinski definition) is 1. The number of ether oxygens (including phenoxy) is 1. The number of aromatic nitrogens is 1. The van der Waals surface area contributed by atoms with Crippen molar-refractivity contribution in [2.24, 2.45) is 5.73 Å². The van der Waals surface area contributed by atoms with E-state index in [2.05, 4.69) is 4.98 Å². The van der Waals surface area contributed by atoms with Crippen molar-refractivity contribution >= 4 is 0 Å². The second kappa shape index (κ2) is 6.13. The summed E-state index contributed by atoms with van der Waals surface area (Å²) >= 11 is 0. The Morgan fingerprint density at radius 1 is 1.19 bits per heavy atom. The van der Waals surface area contributed by atoms with Gasteiger partial charge in [-0.05, 0) is 36.2 Å². The van der Waals surface area contributed by atoms with Gasteiger partial charge >= 0.3 is 6.18 Å². The Kier molecular flexibility index (Phi) is 4.47. The summed E-state index contributed by atoms with van der Waals surface area (Å²) in [5, 5.41) is 0. The van der Waals surface area contributed by atoms with Gasteiger partial charge in [0.15, 0.2) is 0 Å². The predicted molar refractivity (Wildman–Crippen MR) is 73.2 cm³/mol. The van der Waals surface area contributed by atoms with Crippen molar-refractivity contribution < 1.29 is 17.9 Å². The van der Waals surface area contributed by atoms with E-state index in [1.807, 2.05) is 19.1 Å². The van der Waals surface area contributed by atoms with Crippen molar-refractivity contribution in [2.75, 3.05) is 6.54 Å². The van der Waals surface area contributed by atoms with E-state index >= 15 is 0 Å². The first-order valence-electron chi connectivity index (χ1n) is 6.41. The summed E-state index contributed by atoms with van der Waals surface area (Å²) in [5.74, 6) is 0.546. The number of rotatable bonds is 4. The zero-order valence-corrected chi connectivity index (χ0v) is 11.4. The maximum Gasteiger partial charge on any atom is 0.416 e. The fourth-order valence-electron chi connectivity index (χ4n) is 1.76. The van der Waals surface area contributed by atoms with Gasteiger partial charge in [0, 0.05) is 12.3 Å². The van der Waals surface area contributed by atoms with Gasteiger partial charge in [-0.25, -0.2) is 4.98 Å². The Balaban J connectivity index is 2.15. The van der Waals surface area contributed by atoms with Crippen molar-refractivity contribution in [1.29, 1.82) is 0 Å². The standard InChI is InChI=1S/C15H15F3N2O/c1-10(9-19)11-2-4-13(5-3-11)21-14-8-12(6-7-20-14)15(16,17)18/h2-8,10H,9,19H2,1H3. The monoisotopic (exact) mass is 296 g/mol. The second-order valence-electron chi connectivity index (χ2n) is 4.69. The van der Waals surface area contributed by atoms with Crippen LogP contribution in [0, 0.1) is 0 Å². The van der Waals surface area contributed by atoms with Crippen LogP contribution in [-0.2, 0) is 6.18 Å². The van der Waals surface area contributed by atoms with E-state index in [9.17, 15) is 13.2 Å². The molecule has 1 heterocycles. The molecule has 2 N–H and O–H groups in total. The zero-order valence-electron chi connectivity index (χ0n) is 11.4. The van der Waals surface area contributed by atoms with Crippen molar-refractivity contribution in [3.05, 3.63) is 53.7 Å². The molecule has 0 radical (unpaired) electrons. The molecule has 0 amide bonds. The summed E-state index contributed by atoms with van der Waals surface area (Å²) in [5.41, 5.74) is 5.83. The van der Waals surface area contributed by atoms with Crippen LogP contribution >= 0.6 is 0 Å². The molecule has 1 aromatic heterocycles. The maximum atomic E-state index is 12.6. The Bertz CT molecular complexity index is 597. The van der Waals surface area contributed by atoms with E-state index < -0.39 is 11.7 Å². The molecule has 2 aromatic rings. The molecule has 3 nitrogen and oxygen atoms in total. The number of pyridine rings is 1. The number of halogens is 3. The first kappa shape index (κ1) is 15.3. The third-order valence-corrected chi connectivity index (χ3v) is 3.09. The quantitative estimate of drug-likeness (QED) is 0.929. The first-order valence-corrected chi connectivity index (χ1v) is 6.41. The van der Waals surface area contributed by atoms with E-state index in [0.717, 1.165) is 23.9 Å². The molecule has 0 fully saturated rings. The highest BCUT2D eigenvalue weighted by molar-refractivity contribution is 5.33. The predicted octanol–water partition coefficient (Wildman–Crippen LogP) is 3.95. The molecular weight excluding hydrogens is 281 g/mol. The Labute approximate surface area is 120 Å². The van der Waals surface area contributed by atoms with Crippen LogP contribution in [0.4, 0.5) is 13.2 Å². The van der Waals surface area contributed by atoms with E-state index in [1.165, 1.54) is 0 Å². The van der Waals surface area contributed by atoms with E-state index in [-0.39, 0.29) is 11.8 Å². The van der Waals surface area contributed by atoms with E-state index in [0.29, 0.717) is 12.3 Å². The highest BCUT2D eigenvalue weighted by Crippen LogP contribution is 2.31. The van der Waals surface area contributed by atoms with Crippen LogP contribution in [0.25, 0.3) is 0 Å². The largest absolute Gasteiger partial charge is 0.439 e. The first-order chi connectivity index (χ1) is 9.90. The van der Waals surface area contributed by atoms with Crippen LogP contribution in [0.1, 0.15) is 24.0 Å². The van der Waals surface area contributed by atoms with Crippen LogP contribution in [0.5, 0.6) is 11.6 Å². The topological polar surface area (TPSA) is 48.1 Å². The molecule has 112 valence electrons. The molecule has 1 atom stereocenters. The lowest BCUT2D eigenvalue weighted by molar-refractivity contribution is -0.137. The van der Waals surface area contributed by atoms with E-state index in [4.69, 9.17) is 10.5 Å². The summed E-state index contributed by atoms with van der Waals surface area (Å²) in [7, 11) is 0. The lowest BCUT2D eigenvalue weighted by Gasteiger charge is -2.11. The van der Waals surface area contributed by atoms with Crippen molar-refractivity contribution in [1.82, 2.24) is 4.98 Å². The molecule has 2 rings (SSSR count). The molecule has 1 aromatic carbocycles. The fraction of sp³-hybridized carbons (Fsp3) is 0.267. The van der Waals surface area contributed by atoms with Crippen LogP contribution in [0.3, 0.4) is 0 Å². The van der Waals surface area contributed by atoms with Gasteiger partial charge in [0.2, 0.25) is 5.88 Å². The molecule has 0 aliphatic carbocycles. The molecule has 0 saturated heterocycles. The maximum absolute atomic E-state index is 12.6. The summed E-state index contributed by atoms with van der Waals surface area (Å²) in [6.45, 7) is 2.51.